The van der Waals surface area contributed by atoms with Crippen molar-refractivity contribution in [2.45, 2.75) is 13.3 Å². The van der Waals surface area contributed by atoms with E-state index in [2.05, 4.69) is 33.0 Å². The lowest BCUT2D eigenvalue weighted by atomic mass is 10.1. The molecule has 0 aliphatic rings. The van der Waals surface area contributed by atoms with E-state index < -0.39 is 0 Å². The van der Waals surface area contributed by atoms with Gasteiger partial charge in [0.05, 0.1) is 24.3 Å². The molecule has 0 saturated heterocycles. The van der Waals surface area contributed by atoms with Crippen LogP contribution in [0, 0.1) is 0 Å². The van der Waals surface area contributed by atoms with Crippen molar-refractivity contribution >= 4 is 39.7 Å². The lowest BCUT2D eigenvalue weighted by Gasteiger charge is -2.13. The third-order valence-electron chi connectivity index (χ3n) is 3.36. The number of carbonyl (C=O) groups excluding carboxylic acids is 1. The Balaban J connectivity index is 2.03. The first-order chi connectivity index (χ1) is 13.0. The van der Waals surface area contributed by atoms with Crippen LogP contribution >= 0.6 is 27.5 Å². The quantitative estimate of drug-likeness (QED) is 0.340. The molecule has 27 heavy (non-hydrogen) atoms. The lowest BCUT2D eigenvalue weighted by molar-refractivity contribution is -0.120. The minimum absolute atomic E-state index is 0.212. The number of benzene rings is 2. The van der Waals surface area contributed by atoms with Gasteiger partial charge in [0.1, 0.15) is 6.61 Å². The van der Waals surface area contributed by atoms with Crippen molar-refractivity contribution in [1.82, 2.24) is 5.43 Å². The summed E-state index contributed by atoms with van der Waals surface area (Å²) in [5.74, 6) is 0.750. The van der Waals surface area contributed by atoms with Crippen LogP contribution in [0.4, 0.5) is 0 Å². The topological polar surface area (TPSA) is 59.9 Å². The average Bonchev–Trinajstić information content (AvgIpc) is 2.63. The molecule has 0 aliphatic heterocycles. The second-order valence-corrected chi connectivity index (χ2v) is 6.78. The molecule has 1 N–H and O–H groups in total. The summed E-state index contributed by atoms with van der Waals surface area (Å²) >= 11 is 9.64. The van der Waals surface area contributed by atoms with Crippen LogP contribution in [0.1, 0.15) is 18.1 Å². The van der Waals surface area contributed by atoms with Gasteiger partial charge in [-0.1, -0.05) is 52.3 Å². The van der Waals surface area contributed by atoms with Gasteiger partial charge in [0.15, 0.2) is 11.5 Å². The molecule has 5 nitrogen and oxygen atoms in total. The maximum atomic E-state index is 12.0. The Morgan fingerprint density at radius 1 is 1.30 bits per heavy atom. The molecule has 0 aromatic heterocycles. The Labute approximate surface area is 172 Å². The molecule has 2 rings (SSSR count). The summed E-state index contributed by atoms with van der Waals surface area (Å²) in [6, 6.07) is 11.0. The Hall–Kier alpha value is -2.31. The van der Waals surface area contributed by atoms with E-state index in [0.29, 0.717) is 35.3 Å². The van der Waals surface area contributed by atoms with Gasteiger partial charge in [-0.2, -0.15) is 5.10 Å². The van der Waals surface area contributed by atoms with Crippen LogP contribution in [-0.4, -0.2) is 25.3 Å². The summed E-state index contributed by atoms with van der Waals surface area (Å²) in [6.45, 7) is 6.27. The van der Waals surface area contributed by atoms with Crippen molar-refractivity contribution in [2.75, 3.05) is 13.2 Å². The number of nitrogens with zero attached hydrogens (tertiary/aromatic N) is 1. The normalized spacial score (nSPS) is 10.6. The fourth-order valence-corrected chi connectivity index (χ4v) is 2.75. The second-order valence-electron chi connectivity index (χ2n) is 5.46. The summed E-state index contributed by atoms with van der Waals surface area (Å²) in [4.78, 5) is 12.0. The van der Waals surface area contributed by atoms with Crippen LogP contribution in [0.15, 0.2) is 58.6 Å². The predicted octanol–water partition coefficient (Wildman–Crippen LogP) is 4.76. The number of rotatable bonds is 9. The molecule has 2 aromatic rings. The maximum absolute atomic E-state index is 12.0. The highest BCUT2D eigenvalue weighted by Crippen LogP contribution is 2.36. The molecule has 0 fully saturated rings. The van der Waals surface area contributed by atoms with Gasteiger partial charge < -0.3 is 9.47 Å². The fourth-order valence-electron chi connectivity index (χ4n) is 2.21. The third-order valence-corrected chi connectivity index (χ3v) is 4.17. The monoisotopic (exact) mass is 450 g/mol. The highest BCUT2D eigenvalue weighted by molar-refractivity contribution is 9.10. The van der Waals surface area contributed by atoms with Crippen LogP contribution in [0.5, 0.6) is 11.5 Å². The minimum atomic E-state index is -0.212. The van der Waals surface area contributed by atoms with Crippen LogP contribution in [0.25, 0.3) is 0 Å². The number of amides is 1. The molecule has 0 radical (unpaired) electrons. The first-order valence-corrected chi connectivity index (χ1v) is 9.47. The molecule has 0 atom stereocenters. The SMILES string of the molecule is C=CCOc1c(Cl)cc(/C=N/NC(=O)Cc2ccc(Br)cc2)cc1OCC. The standard InChI is InChI=1S/C20H20BrClN2O3/c1-3-9-27-20-17(22)10-15(11-18(20)26-4-2)13-23-24-19(25)12-14-5-7-16(21)8-6-14/h3,5-8,10-11,13H,1,4,9,12H2,2H3,(H,24,25)/b23-13+. The van der Waals surface area contributed by atoms with E-state index in [0.717, 1.165) is 10.0 Å². The Morgan fingerprint density at radius 2 is 2.04 bits per heavy atom. The number of halogens is 2. The highest BCUT2D eigenvalue weighted by Gasteiger charge is 2.12. The first-order valence-electron chi connectivity index (χ1n) is 8.29. The van der Waals surface area contributed by atoms with Gasteiger partial charge in [-0.15, -0.1) is 0 Å². The third kappa shape index (κ3) is 6.73. The van der Waals surface area contributed by atoms with Crippen molar-refractivity contribution in [3.8, 4) is 11.5 Å². The molecule has 0 spiro atoms. The van der Waals surface area contributed by atoms with Crippen molar-refractivity contribution in [3.63, 3.8) is 0 Å². The van der Waals surface area contributed by atoms with Crippen molar-refractivity contribution in [2.24, 2.45) is 5.10 Å². The molecule has 0 bridgehead atoms. The number of hydrazone groups is 1. The van der Waals surface area contributed by atoms with E-state index in [1.54, 1.807) is 18.2 Å². The number of hydrogen-bond acceptors (Lipinski definition) is 4. The molecule has 1 amide bonds. The second kappa shape index (κ2) is 10.7. The molecule has 2 aromatic carbocycles. The lowest BCUT2D eigenvalue weighted by Crippen LogP contribution is -2.19. The molecular weight excluding hydrogens is 432 g/mol. The summed E-state index contributed by atoms with van der Waals surface area (Å²) in [6.07, 6.45) is 3.37. The first kappa shape index (κ1) is 21.0. The largest absolute Gasteiger partial charge is 0.490 e. The fraction of sp³-hybridized carbons (Fsp3) is 0.200. The van der Waals surface area contributed by atoms with Crippen LogP contribution in [0.2, 0.25) is 5.02 Å². The van der Waals surface area contributed by atoms with Crippen LogP contribution in [-0.2, 0) is 11.2 Å². The van der Waals surface area contributed by atoms with Gasteiger partial charge in [-0.05, 0) is 42.3 Å². The van der Waals surface area contributed by atoms with Gasteiger partial charge >= 0.3 is 0 Å². The molecule has 142 valence electrons. The molecule has 7 heteroatoms. The van der Waals surface area contributed by atoms with Crippen molar-refractivity contribution < 1.29 is 14.3 Å². The number of hydrogen-bond donors (Lipinski definition) is 1. The molecule has 0 unspecified atom stereocenters. The zero-order chi connectivity index (χ0) is 19.6. The average molecular weight is 452 g/mol. The zero-order valence-corrected chi connectivity index (χ0v) is 17.2. The summed E-state index contributed by atoms with van der Waals surface area (Å²) in [5.41, 5.74) is 4.08. The van der Waals surface area contributed by atoms with Gasteiger partial charge in [0, 0.05) is 4.47 Å². The minimum Gasteiger partial charge on any atom is -0.490 e. The zero-order valence-electron chi connectivity index (χ0n) is 14.9. The highest BCUT2D eigenvalue weighted by atomic mass is 79.9. The Bertz CT molecular complexity index is 823. The van der Waals surface area contributed by atoms with E-state index in [1.807, 2.05) is 31.2 Å². The van der Waals surface area contributed by atoms with E-state index in [1.165, 1.54) is 6.21 Å². The van der Waals surface area contributed by atoms with Gasteiger partial charge in [-0.3, -0.25) is 4.79 Å². The van der Waals surface area contributed by atoms with Gasteiger partial charge in [0.2, 0.25) is 5.91 Å². The number of carbonyl (C=O) groups is 1. The van der Waals surface area contributed by atoms with Gasteiger partial charge in [0.25, 0.3) is 0 Å². The Kier molecular flexibility index (Phi) is 8.36. The van der Waals surface area contributed by atoms with Crippen molar-refractivity contribution in [3.05, 3.63) is 69.7 Å². The van der Waals surface area contributed by atoms with E-state index in [4.69, 9.17) is 21.1 Å². The molecule has 0 saturated carbocycles. The van der Waals surface area contributed by atoms with Crippen molar-refractivity contribution in [1.29, 1.82) is 0 Å². The molecule has 0 heterocycles. The summed E-state index contributed by atoms with van der Waals surface area (Å²) in [5, 5.41) is 4.38. The van der Waals surface area contributed by atoms with Crippen LogP contribution in [0.3, 0.4) is 0 Å². The van der Waals surface area contributed by atoms with E-state index >= 15 is 0 Å². The van der Waals surface area contributed by atoms with Crippen LogP contribution < -0.4 is 14.9 Å². The maximum Gasteiger partial charge on any atom is 0.244 e. The predicted molar refractivity (Wildman–Crippen MR) is 112 cm³/mol. The number of ether oxygens (including phenoxy) is 2. The van der Waals surface area contributed by atoms with Gasteiger partial charge in [-0.25, -0.2) is 5.43 Å². The summed E-state index contributed by atoms with van der Waals surface area (Å²) < 4.78 is 12.1. The van der Waals surface area contributed by atoms with E-state index in [9.17, 15) is 4.79 Å². The van der Waals surface area contributed by atoms with E-state index in [-0.39, 0.29) is 12.3 Å². The Morgan fingerprint density at radius 3 is 2.70 bits per heavy atom. The summed E-state index contributed by atoms with van der Waals surface area (Å²) in [7, 11) is 0. The molecule has 0 aliphatic carbocycles. The number of nitrogens with one attached hydrogen (secondary N) is 1. The smallest absolute Gasteiger partial charge is 0.244 e. The molecular formula is C20H20BrClN2O3.